The van der Waals surface area contributed by atoms with E-state index in [1.807, 2.05) is 6.92 Å². The molecule has 0 radical (unpaired) electrons. The first kappa shape index (κ1) is 14.3. The van der Waals surface area contributed by atoms with Crippen molar-refractivity contribution >= 4 is 5.82 Å². The SMILES string of the molecule is CCCC1CCCCN1c1nnc(C)c(C)c1CN. The van der Waals surface area contributed by atoms with Crippen molar-refractivity contribution < 1.29 is 0 Å². The molecule has 1 aromatic heterocycles. The van der Waals surface area contributed by atoms with Crippen molar-refractivity contribution in [2.45, 2.75) is 65.5 Å². The standard InChI is InChI=1S/C15H26N4/c1-4-7-13-8-5-6-9-19(13)15-14(10-16)11(2)12(3)17-18-15/h13H,4-10,16H2,1-3H3. The molecular weight excluding hydrogens is 236 g/mol. The highest BCUT2D eigenvalue weighted by Gasteiger charge is 2.25. The van der Waals surface area contributed by atoms with Crippen LogP contribution < -0.4 is 10.6 Å². The third kappa shape index (κ3) is 2.89. The number of aryl methyl sites for hydroxylation is 1. The third-order valence-electron chi connectivity index (χ3n) is 4.29. The van der Waals surface area contributed by atoms with Crippen LogP contribution in [0.2, 0.25) is 0 Å². The molecule has 0 spiro atoms. The van der Waals surface area contributed by atoms with Crippen molar-refractivity contribution in [3.63, 3.8) is 0 Å². The number of hydrogen-bond acceptors (Lipinski definition) is 4. The highest BCUT2D eigenvalue weighted by molar-refractivity contribution is 5.51. The smallest absolute Gasteiger partial charge is 0.156 e. The van der Waals surface area contributed by atoms with Gasteiger partial charge in [-0.2, -0.15) is 5.10 Å². The minimum Gasteiger partial charge on any atom is -0.352 e. The van der Waals surface area contributed by atoms with Gasteiger partial charge in [-0.25, -0.2) is 0 Å². The second-order valence-electron chi connectivity index (χ2n) is 5.55. The average Bonchev–Trinajstić information content (AvgIpc) is 2.43. The fraction of sp³-hybridized carbons (Fsp3) is 0.733. The summed E-state index contributed by atoms with van der Waals surface area (Å²) in [7, 11) is 0. The fourth-order valence-electron chi connectivity index (χ4n) is 3.03. The lowest BCUT2D eigenvalue weighted by molar-refractivity contribution is 0.429. The van der Waals surface area contributed by atoms with E-state index in [1.54, 1.807) is 0 Å². The van der Waals surface area contributed by atoms with Gasteiger partial charge in [0.25, 0.3) is 0 Å². The molecule has 0 saturated carbocycles. The largest absolute Gasteiger partial charge is 0.352 e. The van der Waals surface area contributed by atoms with Crippen molar-refractivity contribution in [3.05, 3.63) is 16.8 Å². The molecule has 1 fully saturated rings. The molecule has 1 unspecified atom stereocenters. The van der Waals surface area contributed by atoms with Crippen molar-refractivity contribution in [1.29, 1.82) is 0 Å². The minimum absolute atomic E-state index is 0.548. The van der Waals surface area contributed by atoms with Crippen LogP contribution in [0, 0.1) is 13.8 Å². The number of rotatable bonds is 4. The summed E-state index contributed by atoms with van der Waals surface area (Å²) in [6.45, 7) is 8.00. The zero-order chi connectivity index (χ0) is 13.8. The summed E-state index contributed by atoms with van der Waals surface area (Å²) in [6.07, 6.45) is 6.30. The van der Waals surface area contributed by atoms with Gasteiger partial charge in [-0.05, 0) is 45.1 Å². The van der Waals surface area contributed by atoms with Crippen LogP contribution in [0.5, 0.6) is 0 Å². The summed E-state index contributed by atoms with van der Waals surface area (Å²) in [4.78, 5) is 2.45. The Bertz CT molecular complexity index is 428. The lowest BCUT2D eigenvalue weighted by Gasteiger charge is -2.37. The molecule has 1 saturated heterocycles. The summed E-state index contributed by atoms with van der Waals surface area (Å²) in [5, 5.41) is 8.77. The molecule has 1 aliphatic heterocycles. The molecule has 4 nitrogen and oxygen atoms in total. The topological polar surface area (TPSA) is 55.0 Å². The number of nitrogens with zero attached hydrogens (tertiary/aromatic N) is 3. The van der Waals surface area contributed by atoms with Crippen LogP contribution in [0.3, 0.4) is 0 Å². The first-order chi connectivity index (χ1) is 9.19. The fourth-order valence-corrected chi connectivity index (χ4v) is 3.03. The molecule has 2 rings (SSSR count). The highest BCUT2D eigenvalue weighted by Crippen LogP contribution is 2.29. The van der Waals surface area contributed by atoms with E-state index >= 15 is 0 Å². The Hall–Kier alpha value is -1.16. The summed E-state index contributed by atoms with van der Waals surface area (Å²) in [5.74, 6) is 1.03. The van der Waals surface area contributed by atoms with E-state index in [2.05, 4.69) is 28.9 Å². The van der Waals surface area contributed by atoms with Crippen molar-refractivity contribution in [2.24, 2.45) is 5.73 Å². The van der Waals surface area contributed by atoms with Gasteiger partial charge in [-0.3, -0.25) is 0 Å². The summed E-state index contributed by atoms with van der Waals surface area (Å²) < 4.78 is 0. The monoisotopic (exact) mass is 262 g/mol. The summed E-state index contributed by atoms with van der Waals surface area (Å²) in [5.41, 5.74) is 9.32. The maximum atomic E-state index is 5.95. The van der Waals surface area contributed by atoms with Crippen molar-refractivity contribution in [1.82, 2.24) is 10.2 Å². The summed E-state index contributed by atoms with van der Waals surface area (Å²) >= 11 is 0. The van der Waals surface area contributed by atoms with Gasteiger partial charge in [0.1, 0.15) is 0 Å². The number of piperidine rings is 1. The van der Waals surface area contributed by atoms with Gasteiger partial charge in [0.15, 0.2) is 5.82 Å². The second-order valence-corrected chi connectivity index (χ2v) is 5.55. The lowest BCUT2D eigenvalue weighted by atomic mass is 9.97. The molecule has 2 heterocycles. The minimum atomic E-state index is 0.548. The molecule has 1 atom stereocenters. The molecule has 1 aromatic rings. The Morgan fingerprint density at radius 1 is 1.26 bits per heavy atom. The Labute approximate surface area is 116 Å². The predicted molar refractivity (Wildman–Crippen MR) is 79.3 cm³/mol. The first-order valence-corrected chi connectivity index (χ1v) is 7.48. The van der Waals surface area contributed by atoms with E-state index in [-0.39, 0.29) is 0 Å². The van der Waals surface area contributed by atoms with Crippen LogP contribution in [0.4, 0.5) is 5.82 Å². The average molecular weight is 262 g/mol. The van der Waals surface area contributed by atoms with Gasteiger partial charge in [-0.15, -0.1) is 5.10 Å². The molecule has 4 heteroatoms. The zero-order valence-electron chi connectivity index (χ0n) is 12.4. The van der Waals surface area contributed by atoms with Crippen LogP contribution >= 0.6 is 0 Å². The Kier molecular flexibility index (Phi) is 4.75. The van der Waals surface area contributed by atoms with Gasteiger partial charge < -0.3 is 10.6 Å². The van der Waals surface area contributed by atoms with Crippen molar-refractivity contribution in [2.75, 3.05) is 11.4 Å². The maximum Gasteiger partial charge on any atom is 0.156 e. The van der Waals surface area contributed by atoms with Gasteiger partial charge in [-0.1, -0.05) is 13.3 Å². The van der Waals surface area contributed by atoms with Crippen LogP contribution in [0.15, 0.2) is 0 Å². The molecule has 2 N–H and O–H groups in total. The second kappa shape index (κ2) is 6.33. The van der Waals surface area contributed by atoms with E-state index in [9.17, 15) is 0 Å². The van der Waals surface area contributed by atoms with Crippen LogP contribution in [0.25, 0.3) is 0 Å². The highest BCUT2D eigenvalue weighted by atomic mass is 15.3. The Morgan fingerprint density at radius 2 is 2.05 bits per heavy atom. The van der Waals surface area contributed by atoms with E-state index < -0.39 is 0 Å². The number of aromatic nitrogens is 2. The lowest BCUT2D eigenvalue weighted by Crippen LogP contribution is -2.41. The molecular formula is C15H26N4. The first-order valence-electron chi connectivity index (χ1n) is 7.48. The van der Waals surface area contributed by atoms with Crippen LogP contribution in [-0.2, 0) is 6.54 Å². The van der Waals surface area contributed by atoms with E-state index in [4.69, 9.17) is 5.73 Å². The predicted octanol–water partition coefficient (Wildman–Crippen LogP) is 2.71. The van der Waals surface area contributed by atoms with Gasteiger partial charge in [0.2, 0.25) is 0 Å². The number of hydrogen-bond donors (Lipinski definition) is 1. The molecule has 0 amide bonds. The van der Waals surface area contributed by atoms with Gasteiger partial charge >= 0.3 is 0 Å². The molecule has 0 bridgehead atoms. The van der Waals surface area contributed by atoms with Crippen LogP contribution in [0.1, 0.15) is 55.8 Å². The number of nitrogens with two attached hydrogens (primary N) is 1. The van der Waals surface area contributed by atoms with E-state index in [1.165, 1.54) is 43.2 Å². The van der Waals surface area contributed by atoms with E-state index in [0.29, 0.717) is 12.6 Å². The van der Waals surface area contributed by atoms with Gasteiger partial charge in [0.05, 0.1) is 5.69 Å². The molecule has 1 aliphatic rings. The Balaban J connectivity index is 2.35. The maximum absolute atomic E-state index is 5.95. The summed E-state index contributed by atoms with van der Waals surface area (Å²) in [6, 6.07) is 0.612. The quantitative estimate of drug-likeness (QED) is 0.906. The zero-order valence-corrected chi connectivity index (χ0v) is 12.4. The Morgan fingerprint density at radius 3 is 2.74 bits per heavy atom. The number of anilines is 1. The normalized spacial score (nSPS) is 19.8. The molecule has 0 aliphatic carbocycles. The molecule has 19 heavy (non-hydrogen) atoms. The molecule has 106 valence electrons. The van der Waals surface area contributed by atoms with Gasteiger partial charge in [0, 0.05) is 24.7 Å². The third-order valence-corrected chi connectivity index (χ3v) is 4.29. The van der Waals surface area contributed by atoms with Crippen LogP contribution in [-0.4, -0.2) is 22.8 Å². The van der Waals surface area contributed by atoms with Crippen molar-refractivity contribution in [3.8, 4) is 0 Å². The molecule has 0 aromatic carbocycles. The van der Waals surface area contributed by atoms with E-state index in [0.717, 1.165) is 18.1 Å².